The molecule has 1 amide bonds. The zero-order chi connectivity index (χ0) is 18.6. The molecule has 2 atom stereocenters. The zero-order valence-corrected chi connectivity index (χ0v) is 15.2. The Bertz CT molecular complexity index is 612. The number of ether oxygens (including phenoxy) is 1. The van der Waals surface area contributed by atoms with Gasteiger partial charge in [0, 0.05) is 19.2 Å². The Balaban J connectivity index is 2.07. The second-order valence-electron chi connectivity index (χ2n) is 7.39. The second-order valence-corrected chi connectivity index (χ2v) is 7.39. The number of aromatic nitrogens is 1. The van der Waals surface area contributed by atoms with Crippen molar-refractivity contribution >= 4 is 17.6 Å². The Labute approximate surface area is 147 Å². The van der Waals surface area contributed by atoms with Gasteiger partial charge in [0.2, 0.25) is 0 Å². The molecular formula is C17H26N4O4. The average molecular weight is 350 g/mol. The van der Waals surface area contributed by atoms with E-state index in [2.05, 4.69) is 22.1 Å². The van der Waals surface area contributed by atoms with Gasteiger partial charge in [-0.1, -0.05) is 6.92 Å². The normalized spacial score (nSPS) is 20.9. The predicted molar refractivity (Wildman–Crippen MR) is 94.7 cm³/mol. The van der Waals surface area contributed by atoms with Gasteiger partial charge in [0.25, 0.3) is 5.69 Å². The summed E-state index contributed by atoms with van der Waals surface area (Å²) in [6.45, 7) is 8.85. The molecular weight excluding hydrogens is 324 g/mol. The van der Waals surface area contributed by atoms with E-state index in [1.807, 2.05) is 20.8 Å². The van der Waals surface area contributed by atoms with Gasteiger partial charge in [0.05, 0.1) is 11.0 Å². The Morgan fingerprint density at radius 3 is 2.76 bits per heavy atom. The molecule has 1 saturated heterocycles. The summed E-state index contributed by atoms with van der Waals surface area (Å²) in [4.78, 5) is 28.6. The number of nitrogens with one attached hydrogen (secondary N) is 1. The summed E-state index contributed by atoms with van der Waals surface area (Å²) in [6, 6.07) is 3.19. The fraction of sp³-hybridized carbons (Fsp3) is 0.647. The maximum Gasteiger partial charge on any atom is 0.407 e. The standard InChI is InChI=1S/C17H26N4O4/c1-12-6-5-9-20(15-8-7-13(10-18-15)21(23)24)14(12)11-19-16(22)25-17(2,3)4/h7-8,10,12,14H,5-6,9,11H2,1-4H3,(H,19,22). The van der Waals surface area contributed by atoms with Gasteiger partial charge < -0.3 is 15.0 Å². The van der Waals surface area contributed by atoms with Gasteiger partial charge in [0.15, 0.2) is 0 Å². The maximum absolute atomic E-state index is 11.9. The first-order chi connectivity index (χ1) is 11.7. The van der Waals surface area contributed by atoms with Crippen LogP contribution in [0.3, 0.4) is 0 Å². The molecule has 2 unspecified atom stereocenters. The highest BCUT2D eigenvalue weighted by atomic mass is 16.6. The summed E-state index contributed by atoms with van der Waals surface area (Å²) in [6.07, 6.45) is 2.90. The number of anilines is 1. The quantitative estimate of drug-likeness (QED) is 0.662. The number of amides is 1. The van der Waals surface area contributed by atoms with Crippen molar-refractivity contribution in [1.29, 1.82) is 0 Å². The highest BCUT2D eigenvalue weighted by Gasteiger charge is 2.30. The van der Waals surface area contributed by atoms with Gasteiger partial charge in [-0.15, -0.1) is 0 Å². The number of nitrogens with zero attached hydrogens (tertiary/aromatic N) is 3. The van der Waals surface area contributed by atoms with Gasteiger partial charge in [-0.3, -0.25) is 10.1 Å². The molecule has 25 heavy (non-hydrogen) atoms. The van der Waals surface area contributed by atoms with E-state index >= 15 is 0 Å². The first-order valence-electron chi connectivity index (χ1n) is 8.51. The number of hydrogen-bond acceptors (Lipinski definition) is 6. The average Bonchev–Trinajstić information content (AvgIpc) is 2.52. The first kappa shape index (κ1) is 19.0. The van der Waals surface area contributed by atoms with E-state index in [1.54, 1.807) is 6.07 Å². The fourth-order valence-electron chi connectivity index (χ4n) is 3.00. The van der Waals surface area contributed by atoms with Crippen LogP contribution in [-0.4, -0.2) is 40.7 Å². The minimum atomic E-state index is -0.540. The largest absolute Gasteiger partial charge is 0.444 e. The van der Waals surface area contributed by atoms with E-state index in [0.717, 1.165) is 19.4 Å². The minimum absolute atomic E-state index is 0.0303. The van der Waals surface area contributed by atoms with Crippen molar-refractivity contribution in [3.8, 4) is 0 Å². The van der Waals surface area contributed by atoms with Gasteiger partial charge in [-0.2, -0.15) is 0 Å². The van der Waals surface area contributed by atoms with Crippen LogP contribution in [0.4, 0.5) is 16.3 Å². The molecule has 1 aliphatic heterocycles. The van der Waals surface area contributed by atoms with Crippen molar-refractivity contribution in [3.05, 3.63) is 28.4 Å². The molecule has 0 bridgehead atoms. The molecule has 0 radical (unpaired) electrons. The lowest BCUT2D eigenvalue weighted by Crippen LogP contribution is -2.51. The van der Waals surface area contributed by atoms with Gasteiger partial charge in [-0.25, -0.2) is 9.78 Å². The van der Waals surface area contributed by atoms with Crippen molar-refractivity contribution in [1.82, 2.24) is 10.3 Å². The van der Waals surface area contributed by atoms with E-state index < -0.39 is 16.6 Å². The SMILES string of the molecule is CC1CCCN(c2ccc([N+](=O)[O-])cn2)C1CNC(=O)OC(C)(C)C. The van der Waals surface area contributed by atoms with Crippen LogP contribution >= 0.6 is 0 Å². The molecule has 2 heterocycles. The molecule has 1 N–H and O–H groups in total. The Kier molecular flexibility index (Phi) is 5.81. The maximum atomic E-state index is 11.9. The van der Waals surface area contributed by atoms with Crippen molar-refractivity contribution in [2.45, 2.75) is 52.2 Å². The van der Waals surface area contributed by atoms with E-state index in [0.29, 0.717) is 18.3 Å². The summed E-state index contributed by atoms with van der Waals surface area (Å²) in [5.74, 6) is 1.05. The van der Waals surface area contributed by atoms with Gasteiger partial charge >= 0.3 is 6.09 Å². The summed E-state index contributed by atoms with van der Waals surface area (Å²) < 4.78 is 5.29. The number of alkyl carbamates (subject to hydrolysis) is 1. The summed E-state index contributed by atoms with van der Waals surface area (Å²) in [7, 11) is 0. The molecule has 0 spiro atoms. The third-order valence-corrected chi connectivity index (χ3v) is 4.21. The van der Waals surface area contributed by atoms with Crippen molar-refractivity contribution in [3.63, 3.8) is 0 Å². The molecule has 0 aliphatic carbocycles. The molecule has 138 valence electrons. The van der Waals surface area contributed by atoms with Crippen LogP contribution in [0.1, 0.15) is 40.5 Å². The predicted octanol–water partition coefficient (Wildman–Crippen LogP) is 3.12. The van der Waals surface area contributed by atoms with Crippen LogP contribution in [0.2, 0.25) is 0 Å². The summed E-state index contributed by atoms with van der Waals surface area (Å²) in [5, 5.41) is 13.6. The van der Waals surface area contributed by atoms with E-state index in [1.165, 1.54) is 12.3 Å². The van der Waals surface area contributed by atoms with Crippen LogP contribution in [-0.2, 0) is 4.74 Å². The number of pyridine rings is 1. The van der Waals surface area contributed by atoms with Crippen molar-refractivity contribution in [2.75, 3.05) is 18.0 Å². The zero-order valence-electron chi connectivity index (χ0n) is 15.2. The summed E-state index contributed by atoms with van der Waals surface area (Å²) in [5.41, 5.74) is -0.570. The van der Waals surface area contributed by atoms with Crippen LogP contribution in [0.15, 0.2) is 18.3 Å². The number of carbonyl (C=O) groups is 1. The monoisotopic (exact) mass is 350 g/mol. The topological polar surface area (TPSA) is 97.6 Å². The number of hydrogen-bond donors (Lipinski definition) is 1. The Morgan fingerprint density at radius 2 is 2.20 bits per heavy atom. The number of piperidine rings is 1. The molecule has 1 aromatic rings. The number of rotatable bonds is 4. The number of carbonyl (C=O) groups excluding carboxylic acids is 1. The molecule has 1 aliphatic rings. The van der Waals surface area contributed by atoms with Crippen molar-refractivity contribution in [2.24, 2.45) is 5.92 Å². The lowest BCUT2D eigenvalue weighted by atomic mass is 9.90. The summed E-state index contributed by atoms with van der Waals surface area (Å²) >= 11 is 0. The fourth-order valence-corrected chi connectivity index (χ4v) is 3.00. The Morgan fingerprint density at radius 1 is 1.48 bits per heavy atom. The smallest absolute Gasteiger partial charge is 0.407 e. The van der Waals surface area contributed by atoms with Gasteiger partial charge in [0.1, 0.15) is 17.6 Å². The number of nitro groups is 1. The highest BCUT2D eigenvalue weighted by molar-refractivity contribution is 5.67. The third-order valence-electron chi connectivity index (χ3n) is 4.21. The molecule has 2 rings (SSSR count). The van der Waals surface area contributed by atoms with Crippen LogP contribution in [0.25, 0.3) is 0 Å². The molecule has 0 aromatic carbocycles. The van der Waals surface area contributed by atoms with E-state index in [9.17, 15) is 14.9 Å². The molecule has 8 heteroatoms. The van der Waals surface area contributed by atoms with E-state index in [4.69, 9.17) is 4.74 Å². The van der Waals surface area contributed by atoms with Gasteiger partial charge in [-0.05, 0) is 45.6 Å². The molecule has 0 saturated carbocycles. The Hall–Kier alpha value is -2.38. The highest BCUT2D eigenvalue weighted by Crippen LogP contribution is 2.28. The lowest BCUT2D eigenvalue weighted by molar-refractivity contribution is -0.385. The first-order valence-corrected chi connectivity index (χ1v) is 8.51. The molecule has 1 fully saturated rings. The van der Waals surface area contributed by atoms with Crippen LogP contribution in [0.5, 0.6) is 0 Å². The molecule has 1 aromatic heterocycles. The van der Waals surface area contributed by atoms with E-state index in [-0.39, 0.29) is 11.7 Å². The van der Waals surface area contributed by atoms with Crippen LogP contribution in [0, 0.1) is 16.0 Å². The third kappa shape index (κ3) is 5.30. The molecule has 8 nitrogen and oxygen atoms in total. The lowest BCUT2D eigenvalue weighted by Gasteiger charge is -2.41. The van der Waals surface area contributed by atoms with Crippen molar-refractivity contribution < 1.29 is 14.5 Å². The minimum Gasteiger partial charge on any atom is -0.444 e. The van der Waals surface area contributed by atoms with Crippen LogP contribution < -0.4 is 10.2 Å². The second kappa shape index (κ2) is 7.67.